The summed E-state index contributed by atoms with van der Waals surface area (Å²) in [6.45, 7) is 6.04. The molecule has 5 nitrogen and oxygen atoms in total. The van der Waals surface area contributed by atoms with Crippen LogP contribution in [0, 0.1) is 0 Å². The first-order chi connectivity index (χ1) is 10.8. The summed E-state index contributed by atoms with van der Waals surface area (Å²) in [6, 6.07) is 11.3. The van der Waals surface area contributed by atoms with Gasteiger partial charge in [-0.05, 0) is 61.0 Å². The average Bonchev–Trinajstić information content (AvgIpc) is 2.46. The number of nitrogens with one attached hydrogen (secondary N) is 2. The van der Waals surface area contributed by atoms with Gasteiger partial charge in [0.15, 0.2) is 0 Å². The van der Waals surface area contributed by atoms with Crippen molar-refractivity contribution in [1.29, 1.82) is 0 Å². The first-order valence-corrected chi connectivity index (χ1v) is 8.06. The van der Waals surface area contributed by atoms with Gasteiger partial charge in [-0.3, -0.25) is 10.3 Å². The number of pyridine rings is 1. The van der Waals surface area contributed by atoms with Crippen molar-refractivity contribution in [3.63, 3.8) is 0 Å². The van der Waals surface area contributed by atoms with Crippen LogP contribution in [0.4, 0.5) is 16.2 Å². The Labute approximate surface area is 144 Å². The highest BCUT2D eigenvalue weighted by Crippen LogP contribution is 2.22. The standard InChI is InChI=1S/C17H20BrN3O2/c1-17(2,3)23-16(22)21-15-7-5-4-6-14(15)20-11-13-9-8-12(18)10-19-13/h4-10,20H,11H2,1-3H3,(H,21,22). The van der Waals surface area contributed by atoms with Gasteiger partial charge in [-0.1, -0.05) is 12.1 Å². The van der Waals surface area contributed by atoms with Crippen LogP contribution in [0.15, 0.2) is 47.1 Å². The predicted octanol–water partition coefficient (Wildman–Crippen LogP) is 4.80. The molecule has 6 heteroatoms. The number of aromatic nitrogens is 1. The molecule has 0 atom stereocenters. The van der Waals surface area contributed by atoms with Crippen LogP contribution in [0.1, 0.15) is 26.5 Å². The molecule has 1 aromatic carbocycles. The summed E-state index contributed by atoms with van der Waals surface area (Å²) in [7, 11) is 0. The molecular formula is C17H20BrN3O2. The van der Waals surface area contributed by atoms with Crippen LogP contribution < -0.4 is 10.6 Å². The first kappa shape index (κ1) is 17.3. The number of carbonyl (C=O) groups is 1. The lowest BCUT2D eigenvalue weighted by Gasteiger charge is -2.20. The zero-order valence-corrected chi connectivity index (χ0v) is 15.0. The fraction of sp³-hybridized carbons (Fsp3) is 0.294. The summed E-state index contributed by atoms with van der Waals surface area (Å²) < 4.78 is 6.22. The van der Waals surface area contributed by atoms with E-state index in [4.69, 9.17) is 4.74 Å². The highest BCUT2D eigenvalue weighted by Gasteiger charge is 2.17. The monoisotopic (exact) mass is 377 g/mol. The van der Waals surface area contributed by atoms with E-state index < -0.39 is 11.7 Å². The van der Waals surface area contributed by atoms with E-state index in [1.54, 1.807) is 6.20 Å². The van der Waals surface area contributed by atoms with Crippen LogP contribution in [-0.4, -0.2) is 16.7 Å². The number of halogens is 1. The Morgan fingerprint density at radius 1 is 1.17 bits per heavy atom. The molecule has 0 radical (unpaired) electrons. The highest BCUT2D eigenvalue weighted by molar-refractivity contribution is 9.10. The van der Waals surface area contributed by atoms with E-state index in [1.165, 1.54) is 0 Å². The number of para-hydroxylation sites is 2. The lowest BCUT2D eigenvalue weighted by atomic mass is 10.2. The number of carbonyl (C=O) groups excluding carboxylic acids is 1. The third-order valence-corrected chi connectivity index (χ3v) is 3.28. The van der Waals surface area contributed by atoms with Gasteiger partial charge in [0, 0.05) is 10.7 Å². The molecule has 0 spiro atoms. The van der Waals surface area contributed by atoms with Gasteiger partial charge in [-0.2, -0.15) is 0 Å². The van der Waals surface area contributed by atoms with Crippen LogP contribution in [0.3, 0.4) is 0 Å². The van der Waals surface area contributed by atoms with Gasteiger partial charge in [-0.25, -0.2) is 4.79 Å². The normalized spacial score (nSPS) is 11.0. The second-order valence-electron chi connectivity index (χ2n) is 5.99. The molecule has 0 aliphatic heterocycles. The van der Waals surface area contributed by atoms with Gasteiger partial charge in [0.25, 0.3) is 0 Å². The number of anilines is 2. The Bertz CT molecular complexity index is 666. The predicted molar refractivity (Wildman–Crippen MR) is 95.6 cm³/mol. The molecule has 0 fully saturated rings. The smallest absolute Gasteiger partial charge is 0.412 e. The first-order valence-electron chi connectivity index (χ1n) is 7.27. The SMILES string of the molecule is CC(C)(C)OC(=O)Nc1ccccc1NCc1ccc(Br)cn1. The number of nitrogens with zero attached hydrogens (tertiary/aromatic N) is 1. The lowest BCUT2D eigenvalue weighted by molar-refractivity contribution is 0.0636. The molecular weight excluding hydrogens is 358 g/mol. The van der Waals surface area contributed by atoms with Crippen molar-refractivity contribution in [2.24, 2.45) is 0 Å². The van der Waals surface area contributed by atoms with Crippen molar-refractivity contribution >= 4 is 33.4 Å². The quantitative estimate of drug-likeness (QED) is 0.802. The van der Waals surface area contributed by atoms with Crippen molar-refractivity contribution in [1.82, 2.24) is 4.98 Å². The molecule has 122 valence electrons. The number of hydrogen-bond donors (Lipinski definition) is 2. The van der Waals surface area contributed by atoms with Gasteiger partial charge in [0.05, 0.1) is 23.6 Å². The van der Waals surface area contributed by atoms with Gasteiger partial charge in [-0.15, -0.1) is 0 Å². The maximum absolute atomic E-state index is 11.9. The van der Waals surface area contributed by atoms with E-state index in [0.717, 1.165) is 15.9 Å². The molecule has 1 aromatic heterocycles. The Kier molecular flexibility index (Phi) is 5.60. The molecule has 0 saturated carbocycles. The van der Waals surface area contributed by atoms with E-state index in [-0.39, 0.29) is 0 Å². The molecule has 1 amide bonds. The Morgan fingerprint density at radius 2 is 1.87 bits per heavy atom. The Balaban J connectivity index is 2.02. The van der Waals surface area contributed by atoms with Crippen LogP contribution >= 0.6 is 15.9 Å². The van der Waals surface area contributed by atoms with Crippen LogP contribution in [0.5, 0.6) is 0 Å². The van der Waals surface area contributed by atoms with Gasteiger partial charge in [0.2, 0.25) is 0 Å². The zero-order chi connectivity index (χ0) is 16.9. The van der Waals surface area contributed by atoms with Gasteiger partial charge >= 0.3 is 6.09 Å². The van der Waals surface area contributed by atoms with Crippen molar-refractivity contribution in [3.8, 4) is 0 Å². The maximum atomic E-state index is 11.9. The lowest BCUT2D eigenvalue weighted by Crippen LogP contribution is -2.27. The molecule has 0 bridgehead atoms. The van der Waals surface area contributed by atoms with Crippen molar-refractivity contribution in [2.45, 2.75) is 32.9 Å². The summed E-state index contributed by atoms with van der Waals surface area (Å²) in [5.41, 5.74) is 1.84. The molecule has 2 N–H and O–H groups in total. The molecule has 23 heavy (non-hydrogen) atoms. The third kappa shape index (κ3) is 5.90. The molecule has 0 aliphatic carbocycles. The van der Waals surface area contributed by atoms with E-state index in [2.05, 4.69) is 31.5 Å². The fourth-order valence-corrected chi connectivity index (χ4v) is 2.09. The minimum Gasteiger partial charge on any atom is -0.444 e. The Morgan fingerprint density at radius 3 is 2.48 bits per heavy atom. The van der Waals surface area contributed by atoms with Gasteiger partial charge in [0.1, 0.15) is 5.60 Å². The number of rotatable bonds is 4. The molecule has 0 aliphatic rings. The zero-order valence-electron chi connectivity index (χ0n) is 13.4. The number of ether oxygens (including phenoxy) is 1. The molecule has 0 unspecified atom stereocenters. The van der Waals surface area contributed by atoms with Crippen molar-refractivity contribution < 1.29 is 9.53 Å². The molecule has 0 saturated heterocycles. The maximum Gasteiger partial charge on any atom is 0.412 e. The van der Waals surface area contributed by atoms with Crippen molar-refractivity contribution in [2.75, 3.05) is 10.6 Å². The van der Waals surface area contributed by atoms with E-state index in [9.17, 15) is 4.79 Å². The average molecular weight is 378 g/mol. The minimum absolute atomic E-state index is 0.478. The topological polar surface area (TPSA) is 63.2 Å². The number of benzene rings is 1. The molecule has 2 rings (SSSR count). The van der Waals surface area contributed by atoms with Crippen molar-refractivity contribution in [3.05, 3.63) is 52.8 Å². The summed E-state index contributed by atoms with van der Waals surface area (Å²) in [5.74, 6) is 0. The van der Waals surface area contributed by atoms with Crippen LogP contribution in [0.2, 0.25) is 0 Å². The number of amides is 1. The highest BCUT2D eigenvalue weighted by atomic mass is 79.9. The summed E-state index contributed by atoms with van der Waals surface area (Å²) >= 11 is 3.36. The Hall–Kier alpha value is -2.08. The van der Waals surface area contributed by atoms with Gasteiger partial charge < -0.3 is 10.1 Å². The van der Waals surface area contributed by atoms with E-state index >= 15 is 0 Å². The fourth-order valence-electron chi connectivity index (χ4n) is 1.86. The third-order valence-electron chi connectivity index (χ3n) is 2.81. The van der Waals surface area contributed by atoms with E-state index in [0.29, 0.717) is 12.2 Å². The summed E-state index contributed by atoms with van der Waals surface area (Å²) in [4.78, 5) is 16.2. The van der Waals surface area contributed by atoms with Crippen LogP contribution in [-0.2, 0) is 11.3 Å². The second kappa shape index (κ2) is 7.46. The number of hydrogen-bond acceptors (Lipinski definition) is 4. The summed E-state index contributed by atoms with van der Waals surface area (Å²) in [6.07, 6.45) is 1.27. The summed E-state index contributed by atoms with van der Waals surface area (Å²) in [5, 5.41) is 6.03. The largest absolute Gasteiger partial charge is 0.444 e. The molecule has 2 aromatic rings. The van der Waals surface area contributed by atoms with Crippen LogP contribution in [0.25, 0.3) is 0 Å². The second-order valence-corrected chi connectivity index (χ2v) is 6.91. The van der Waals surface area contributed by atoms with E-state index in [1.807, 2.05) is 57.2 Å². The minimum atomic E-state index is -0.534. The molecule has 1 heterocycles.